The monoisotopic (exact) mass is 2050 g/mol. The maximum Gasteiger partial charge on any atom is 0.333 e. The first-order chi connectivity index (χ1) is 48.5. The molecule has 0 N–H and O–H groups in total. The maximum absolute atomic E-state index is 11.9. The third kappa shape index (κ3) is 54.6. The number of carbonyl (C=O) groups is 1. The fraction of sp³-hybridized carbons (Fsp3) is 0.950. The lowest BCUT2D eigenvalue weighted by Gasteiger charge is -2.45. The van der Waals surface area contributed by atoms with E-state index in [0.717, 1.165) is 6.04 Å². The Kier molecular flexibility index (Phi) is 41.6. The molecule has 0 fully saturated rings. The summed E-state index contributed by atoms with van der Waals surface area (Å²) in [5, 5.41) is 0. The van der Waals surface area contributed by atoms with Gasteiger partial charge in [0.15, 0.2) is 16.6 Å². The first kappa shape index (κ1) is 117. The minimum Gasteiger partial charge on any atom is -0.462 e. The van der Waals surface area contributed by atoms with Crippen LogP contribution in [0.25, 0.3) is 0 Å². The van der Waals surface area contributed by atoms with Gasteiger partial charge in [0.1, 0.15) is 0 Å². The van der Waals surface area contributed by atoms with Crippen LogP contribution in [0.3, 0.4) is 0 Å². The summed E-state index contributed by atoms with van der Waals surface area (Å²) in [5.41, 5.74) is 0.392. The number of hydrogen-bond acceptors (Lipinski definition) is 27. The van der Waals surface area contributed by atoms with Crippen molar-refractivity contribution >= 4 is 228 Å². The minimum atomic E-state index is -2.93. The van der Waals surface area contributed by atoms with Gasteiger partial charge in [-0.05, 0) is 366 Å². The summed E-state index contributed by atoms with van der Waals surface area (Å²) in [4.78, 5) is 11.9. The van der Waals surface area contributed by atoms with Crippen LogP contribution in [0, 0.1) is 0 Å². The highest BCUT2D eigenvalue weighted by molar-refractivity contribution is 6.98. The lowest BCUT2D eigenvalue weighted by molar-refractivity contribution is -0.139. The summed E-state index contributed by atoms with van der Waals surface area (Å²) >= 11 is 0. The summed E-state index contributed by atoms with van der Waals surface area (Å²) < 4.78 is 178. The Morgan fingerprint density at radius 1 is 0.186 bits per heavy atom. The van der Waals surface area contributed by atoms with E-state index in [9.17, 15) is 4.79 Å². The van der Waals surface area contributed by atoms with Crippen LogP contribution in [-0.2, 0) is 112 Å². The van der Waals surface area contributed by atoms with Crippen LogP contribution in [0.5, 0.6) is 0 Å². The second kappa shape index (κ2) is 40.2. The van der Waals surface area contributed by atoms with E-state index < -0.39 is 222 Å². The molecule has 0 rings (SSSR count). The molecule has 0 aromatic rings. The summed E-state index contributed by atoms with van der Waals surface area (Å²) in [6.45, 7) is 115. The predicted octanol–water partition coefficient (Wildman–Crippen LogP) is 20.8. The number of esters is 1. The zero-order valence-electron chi connectivity index (χ0n) is 81.9. The Bertz CT molecular complexity index is 3040. The largest absolute Gasteiger partial charge is 0.462 e. The van der Waals surface area contributed by atoms with E-state index >= 15 is 0 Å². The number of hydrogen-bond donors (Lipinski definition) is 0. The number of rotatable bonds is 55. The Hall–Kier alpha value is 3.85. The number of carbonyl (C=O) groups excluding carboxylic acids is 1. The Labute approximate surface area is 719 Å². The van der Waals surface area contributed by atoms with E-state index in [2.05, 4.69) is 236 Å². The van der Waals surface area contributed by atoms with Crippen molar-refractivity contribution in [2.24, 2.45) is 0 Å². The molecule has 0 heterocycles. The highest BCUT2D eigenvalue weighted by Gasteiger charge is 2.57. The van der Waals surface area contributed by atoms with Crippen molar-refractivity contribution in [3.05, 3.63) is 12.2 Å². The molecule has 0 spiro atoms. The lowest BCUT2D eigenvalue weighted by Crippen LogP contribution is -2.63. The van der Waals surface area contributed by atoms with E-state index in [1.807, 2.05) is 118 Å². The molecule has 0 amide bonds. The van der Waals surface area contributed by atoms with Gasteiger partial charge in [0, 0.05) is 5.57 Å². The Balaban J connectivity index is 5.91. The fourth-order valence-corrected chi connectivity index (χ4v) is 151. The molecule has 113 heavy (non-hydrogen) atoms. The van der Waals surface area contributed by atoms with E-state index in [1.165, 1.54) is 0 Å². The van der Waals surface area contributed by atoms with Gasteiger partial charge in [0.2, 0.25) is 0 Å². The third-order valence-corrected chi connectivity index (χ3v) is 114. The van der Waals surface area contributed by atoms with E-state index in [-0.39, 0.29) is 5.97 Å². The minimum absolute atomic E-state index is 0.329. The molecule has 0 atom stereocenters. The second-order valence-corrected chi connectivity index (χ2v) is 138. The van der Waals surface area contributed by atoms with Gasteiger partial charge in [-0.25, -0.2) is 4.79 Å². The van der Waals surface area contributed by atoms with Crippen molar-refractivity contribution in [1.82, 2.24) is 0 Å². The average Bonchev–Trinajstić information content (AvgIpc) is 0.804. The molecule has 27 nitrogen and oxygen atoms in total. The second-order valence-electron chi connectivity index (χ2n) is 42.0. The van der Waals surface area contributed by atoms with Gasteiger partial charge in [0.05, 0.1) is 6.61 Å². The van der Waals surface area contributed by atoms with Crippen molar-refractivity contribution < 1.29 is 112 Å². The zero-order chi connectivity index (χ0) is 90.7. The normalized spacial score (nSPS) is 15.9. The van der Waals surface area contributed by atoms with Crippen molar-refractivity contribution in [2.75, 3.05) is 6.61 Å². The molecular weight excluding hydrogens is 1880 g/mol. The molecule has 0 radical (unpaired) electrons. The lowest BCUT2D eigenvalue weighted by atomic mass is 10.4. The van der Waals surface area contributed by atoms with Crippen LogP contribution in [0.1, 0.15) is 13.3 Å². The van der Waals surface area contributed by atoms with Gasteiger partial charge < -0.3 is 108 Å². The molecule has 0 aliphatic carbocycles. The van der Waals surface area contributed by atoms with Crippen molar-refractivity contribution in [2.45, 2.75) is 366 Å². The highest BCUT2D eigenvalue weighted by atomic mass is 28.6. The summed E-state index contributed by atoms with van der Waals surface area (Å²) in [6, 6.07) is 0.821. The summed E-state index contributed by atoms with van der Waals surface area (Å²) in [6.07, 6.45) is 0.710. The van der Waals surface area contributed by atoms with Crippen LogP contribution in [0.2, 0.25) is 353 Å². The van der Waals surface area contributed by atoms with Crippen molar-refractivity contribution in [3.8, 4) is 0 Å². The molecule has 53 heteroatoms. The van der Waals surface area contributed by atoms with Gasteiger partial charge in [0.25, 0.3) is 0 Å². The van der Waals surface area contributed by atoms with E-state index in [4.69, 9.17) is 108 Å². The average molecular weight is 2050 g/mol. The highest BCUT2D eigenvalue weighted by Crippen LogP contribution is 2.37. The molecule has 0 aromatic heterocycles. The van der Waals surface area contributed by atoms with Gasteiger partial charge in [-0.15, -0.1) is 0 Å². The van der Waals surface area contributed by atoms with Crippen molar-refractivity contribution in [3.63, 3.8) is 0 Å². The molecule has 0 aromatic carbocycles. The molecular formula is C60H170O27Si26. The van der Waals surface area contributed by atoms with E-state index in [0.29, 0.717) is 18.6 Å². The molecule has 0 saturated carbocycles. The summed E-state index contributed by atoms with van der Waals surface area (Å²) in [5.74, 6) is -0.372. The van der Waals surface area contributed by atoms with Gasteiger partial charge in [-0.1, -0.05) is 6.58 Å². The molecule has 676 valence electrons. The zero-order valence-corrected chi connectivity index (χ0v) is 108. The fourth-order valence-electron chi connectivity index (χ4n) is 16.4. The Morgan fingerprint density at radius 2 is 0.292 bits per heavy atom. The number of ether oxygens (including phenoxy) is 1. The molecule has 0 unspecified atom stereocenters. The van der Waals surface area contributed by atoms with Crippen LogP contribution in [0.15, 0.2) is 12.2 Å². The van der Waals surface area contributed by atoms with Crippen LogP contribution >= 0.6 is 0 Å². The third-order valence-electron chi connectivity index (χ3n) is 13.9. The maximum atomic E-state index is 11.9. The Morgan fingerprint density at radius 3 is 0.398 bits per heavy atom. The van der Waals surface area contributed by atoms with Crippen LogP contribution in [0.4, 0.5) is 0 Å². The standard InChI is InChI=1S/C60H170O27Si26/c1-59(2)60(61)62-57-56-58-89(6,7)64-91(10,11)66-93(14,15)68-95(18,19)70-97(22,23)72-99(26,27)74-101(30,31)76-103(34,35)78-105(38,39)80-107(42,43)82-109(46,47)84-111(50,51)86-113(54,55)87-112(52,53)85-110(48,49)83-108(44,45)81-106(40,41)79-104(36,37)77-102(32,33)75-100(28,29)73-98(24,25)71-96(20,21)69-94(16,17)67-92(12,13)65-90(8,9)63-88(3,4)5/h1,56-58H2,2-55H3. The first-order valence-corrected chi connectivity index (χ1v) is 114. The first-order valence-electron chi connectivity index (χ1n) is 39.9. The molecule has 0 aliphatic rings. The SMILES string of the molecule is C=C(C)C(=O)OCCC[Si](C)(C)O[Si](C)(C)O[Si](C)(C)O[Si](C)(C)O[Si](C)(C)O[Si](C)(C)O[Si](C)(C)O[Si](C)(C)O[Si](C)(C)O[Si](C)(C)O[Si](C)(C)O[Si](C)(C)O[Si](C)(C)O[Si](C)(C)O[Si](C)(C)O[Si](C)(C)O[Si](C)(C)O[Si](C)(C)O[Si](C)(C)O[Si](C)(C)O[Si](C)(C)O[Si](C)(C)O[Si](C)(C)O[Si](C)(C)O[Si](C)(C)O[Si](C)(C)C. The van der Waals surface area contributed by atoms with E-state index in [1.54, 1.807) is 6.92 Å². The van der Waals surface area contributed by atoms with Crippen LogP contribution in [-0.4, -0.2) is 235 Å². The van der Waals surface area contributed by atoms with Crippen molar-refractivity contribution in [1.29, 1.82) is 0 Å². The molecule has 0 saturated heterocycles. The van der Waals surface area contributed by atoms with Gasteiger partial charge in [-0.2, -0.15) is 0 Å². The predicted molar refractivity (Wildman–Crippen MR) is 523 cm³/mol. The quantitative estimate of drug-likeness (QED) is 0.0237. The smallest absolute Gasteiger partial charge is 0.333 e. The molecule has 0 aliphatic heterocycles. The summed E-state index contributed by atoms with van der Waals surface area (Å²) in [7, 11) is -72.1. The van der Waals surface area contributed by atoms with Gasteiger partial charge in [-0.3, -0.25) is 0 Å². The van der Waals surface area contributed by atoms with Crippen LogP contribution < -0.4 is 0 Å². The van der Waals surface area contributed by atoms with Gasteiger partial charge >= 0.3 is 211 Å². The topological polar surface area (TPSA) is 257 Å². The molecule has 0 bridgehead atoms.